The summed E-state index contributed by atoms with van der Waals surface area (Å²) in [4.78, 5) is 2.56. The summed E-state index contributed by atoms with van der Waals surface area (Å²) in [5.41, 5.74) is 1.36. The number of hydrogen-bond acceptors (Lipinski definition) is 4. The minimum absolute atomic E-state index is 0.238. The Morgan fingerprint density at radius 2 is 1.96 bits per heavy atom. The molecular weight excluding hydrogens is 341 g/mol. The van der Waals surface area contributed by atoms with Crippen LogP contribution in [0.15, 0.2) is 53.4 Å². The number of nitrogens with zero attached hydrogens (tertiary/aromatic N) is 1. The lowest BCUT2D eigenvalue weighted by Crippen LogP contribution is -2.49. The van der Waals surface area contributed by atoms with Crippen LogP contribution in [0, 0.1) is 5.82 Å². The third-order valence-electron chi connectivity index (χ3n) is 4.93. The normalized spacial score (nSPS) is 29.2. The van der Waals surface area contributed by atoms with Crippen LogP contribution in [0.3, 0.4) is 0 Å². The van der Waals surface area contributed by atoms with Gasteiger partial charge in [0.1, 0.15) is 5.82 Å². The molecular formula is C18H20FN3O2S. The maximum Gasteiger partial charge on any atom is 0.198 e. The summed E-state index contributed by atoms with van der Waals surface area (Å²) < 4.78 is 40.7. The summed E-state index contributed by atoms with van der Waals surface area (Å²) in [6.07, 6.45) is 0.838. The van der Waals surface area contributed by atoms with Crippen molar-refractivity contribution in [2.24, 2.45) is 0 Å². The molecule has 2 aromatic carbocycles. The van der Waals surface area contributed by atoms with Gasteiger partial charge in [-0.15, -0.1) is 4.72 Å². The van der Waals surface area contributed by atoms with Gasteiger partial charge in [-0.3, -0.25) is 4.90 Å². The van der Waals surface area contributed by atoms with Crippen molar-refractivity contribution in [3.05, 3.63) is 59.9 Å². The van der Waals surface area contributed by atoms with E-state index in [4.69, 9.17) is 0 Å². The first-order valence-corrected chi connectivity index (χ1v) is 9.78. The van der Waals surface area contributed by atoms with Gasteiger partial charge in [-0.1, -0.05) is 28.5 Å². The van der Waals surface area contributed by atoms with E-state index >= 15 is 0 Å². The topological polar surface area (TPSA) is 67.4 Å². The van der Waals surface area contributed by atoms with Crippen LogP contribution in [0.25, 0.3) is 0 Å². The average molecular weight is 361 g/mol. The number of likely N-dealkylation sites (tertiary alicyclic amines) is 1. The molecule has 2 heterocycles. The van der Waals surface area contributed by atoms with Gasteiger partial charge >= 0.3 is 0 Å². The van der Waals surface area contributed by atoms with Crippen LogP contribution in [-0.4, -0.2) is 34.6 Å². The predicted molar refractivity (Wildman–Crippen MR) is 94.2 cm³/mol. The van der Waals surface area contributed by atoms with Gasteiger partial charge in [-0.25, -0.2) is 4.39 Å². The Morgan fingerprint density at radius 3 is 2.76 bits per heavy atom. The molecule has 0 bridgehead atoms. The van der Waals surface area contributed by atoms with Gasteiger partial charge < -0.3 is 9.87 Å². The molecule has 2 unspecified atom stereocenters. The van der Waals surface area contributed by atoms with E-state index < -0.39 is 10.4 Å². The summed E-state index contributed by atoms with van der Waals surface area (Å²) >= 11 is 0. The maximum absolute atomic E-state index is 13.1. The van der Waals surface area contributed by atoms with Crippen molar-refractivity contribution in [1.82, 2.24) is 9.62 Å². The van der Waals surface area contributed by atoms with Gasteiger partial charge in [0.15, 0.2) is 15.3 Å². The van der Waals surface area contributed by atoms with E-state index in [0.717, 1.165) is 31.6 Å². The van der Waals surface area contributed by atoms with Gasteiger partial charge in [-0.2, -0.15) is 0 Å². The molecule has 1 spiro atoms. The van der Waals surface area contributed by atoms with Gasteiger partial charge in [-0.05, 0) is 36.2 Å². The van der Waals surface area contributed by atoms with Crippen LogP contribution >= 0.6 is 0 Å². The van der Waals surface area contributed by atoms with Crippen LogP contribution < -0.4 is 10.0 Å². The molecule has 4 rings (SSSR count). The van der Waals surface area contributed by atoms with Gasteiger partial charge in [0.25, 0.3) is 0 Å². The number of anilines is 1. The number of nitrogens with one attached hydrogen (secondary N) is 2. The van der Waals surface area contributed by atoms with Crippen molar-refractivity contribution in [3.8, 4) is 0 Å². The molecule has 2 atom stereocenters. The molecule has 0 aromatic heterocycles. The predicted octanol–water partition coefficient (Wildman–Crippen LogP) is 2.39. The first kappa shape index (κ1) is 16.7. The second-order valence-corrected chi connectivity index (χ2v) is 8.55. The summed E-state index contributed by atoms with van der Waals surface area (Å²) in [5.74, 6) is -0.238. The quantitative estimate of drug-likeness (QED) is 0.806. The highest BCUT2D eigenvalue weighted by atomic mass is 32.3. The Labute approximate surface area is 147 Å². The number of hydrogen-bond donors (Lipinski definition) is 2. The fourth-order valence-electron chi connectivity index (χ4n) is 3.63. The zero-order chi connectivity index (χ0) is 17.5. The van der Waals surface area contributed by atoms with Crippen molar-refractivity contribution in [3.63, 3.8) is 0 Å². The van der Waals surface area contributed by atoms with E-state index in [1.165, 1.54) is 12.1 Å². The highest BCUT2D eigenvalue weighted by molar-refractivity contribution is 7.96. The van der Waals surface area contributed by atoms with Gasteiger partial charge in [0, 0.05) is 19.6 Å². The van der Waals surface area contributed by atoms with E-state index in [-0.39, 0.29) is 11.4 Å². The molecule has 1 saturated heterocycles. The summed E-state index contributed by atoms with van der Waals surface area (Å²) in [5, 5.41) is 3.47. The number of sulfonamides is 1. The zero-order valence-corrected chi connectivity index (χ0v) is 14.5. The van der Waals surface area contributed by atoms with E-state index in [1.54, 1.807) is 24.3 Å². The molecule has 2 aliphatic heterocycles. The third kappa shape index (κ3) is 3.32. The lowest BCUT2D eigenvalue weighted by molar-refractivity contribution is 0.309. The molecule has 2 aromatic rings. The smallest absolute Gasteiger partial charge is 0.198 e. The second-order valence-electron chi connectivity index (χ2n) is 6.81. The van der Waals surface area contributed by atoms with E-state index in [9.17, 15) is 13.2 Å². The van der Waals surface area contributed by atoms with Crippen LogP contribution in [0.1, 0.15) is 12.0 Å². The molecule has 132 valence electrons. The summed E-state index contributed by atoms with van der Waals surface area (Å²) in [7, 11) is -3.50. The van der Waals surface area contributed by atoms with Crippen LogP contribution in [-0.2, 0) is 21.2 Å². The lowest BCUT2D eigenvalue weighted by Gasteiger charge is -2.29. The van der Waals surface area contributed by atoms with Crippen LogP contribution in [0.4, 0.5) is 10.1 Å². The number of fused-ring (bicyclic) bond motifs is 1. The van der Waals surface area contributed by atoms with Crippen molar-refractivity contribution < 1.29 is 13.2 Å². The van der Waals surface area contributed by atoms with Gasteiger partial charge in [0.2, 0.25) is 0 Å². The molecule has 5 nitrogen and oxygen atoms in total. The van der Waals surface area contributed by atoms with Gasteiger partial charge in [0.05, 0.1) is 17.8 Å². The molecule has 0 saturated carbocycles. The molecule has 0 amide bonds. The van der Waals surface area contributed by atoms with Crippen LogP contribution in [0.5, 0.6) is 0 Å². The SMILES string of the molecule is O=[S+]1([O-])NCC2(CCN(Cc3ccc(F)cc3)C2)Nc2ccccc21. The lowest BCUT2D eigenvalue weighted by atomic mass is 9.98. The monoisotopic (exact) mass is 361 g/mol. The Kier molecular flexibility index (Phi) is 4.11. The number of halogens is 1. The minimum atomic E-state index is -3.50. The molecule has 0 radical (unpaired) electrons. The van der Waals surface area contributed by atoms with Crippen LogP contribution in [0.2, 0.25) is 0 Å². The molecule has 2 aliphatic rings. The maximum atomic E-state index is 13.1. The summed E-state index contributed by atoms with van der Waals surface area (Å²) in [6.45, 7) is 2.65. The van der Waals surface area contributed by atoms with Crippen molar-refractivity contribution >= 4 is 16.1 Å². The molecule has 0 aliphatic carbocycles. The van der Waals surface area contributed by atoms with E-state index in [0.29, 0.717) is 17.1 Å². The molecule has 25 heavy (non-hydrogen) atoms. The fraction of sp³-hybridized carbons (Fsp3) is 0.333. The average Bonchev–Trinajstić information content (AvgIpc) is 2.94. The number of rotatable bonds is 2. The number of para-hydroxylation sites is 1. The van der Waals surface area contributed by atoms with Crippen molar-refractivity contribution in [1.29, 1.82) is 0 Å². The highest BCUT2D eigenvalue weighted by Gasteiger charge is 2.43. The Balaban J connectivity index is 1.54. The standard InChI is InChI=1S/C18H20FN3O2S/c19-15-7-5-14(6-8-15)11-22-10-9-18(13-22)12-20-25(23,24)17-4-2-1-3-16(17)21-18/h1-8,21H,9-13H2,(H-,20,23,24). The van der Waals surface area contributed by atoms with Crippen molar-refractivity contribution in [2.75, 3.05) is 25.0 Å². The molecule has 2 N–H and O–H groups in total. The molecule has 1 fully saturated rings. The van der Waals surface area contributed by atoms with E-state index in [1.807, 2.05) is 12.1 Å². The number of benzene rings is 2. The van der Waals surface area contributed by atoms with Crippen molar-refractivity contribution in [2.45, 2.75) is 23.4 Å². The summed E-state index contributed by atoms with van der Waals surface area (Å²) in [6, 6.07) is 13.5. The largest absolute Gasteiger partial charge is 0.593 e. The second kappa shape index (κ2) is 6.17. The highest BCUT2D eigenvalue weighted by Crippen LogP contribution is 2.34. The third-order valence-corrected chi connectivity index (χ3v) is 6.39. The Hall–Kier alpha value is -1.80. The Morgan fingerprint density at radius 1 is 1.20 bits per heavy atom. The zero-order valence-electron chi connectivity index (χ0n) is 13.7. The first-order chi connectivity index (χ1) is 12.0. The first-order valence-electron chi connectivity index (χ1n) is 8.30. The molecule has 7 heteroatoms. The fourth-order valence-corrected chi connectivity index (χ4v) is 4.92. The Bertz CT molecular complexity index is 829. The minimum Gasteiger partial charge on any atom is -0.593 e. The van der Waals surface area contributed by atoms with E-state index in [2.05, 4.69) is 14.9 Å².